The standard InChI is InChI=1S/C16H25NO3S/c1-16(2,3)13-7-5-12(6-8-13)11-15(18)14(17)9-10-21(4,19)20/h5-8,14H,9-11,17H2,1-4H3. The molecule has 2 N–H and O–H groups in total. The van der Waals surface area contributed by atoms with Gasteiger partial charge in [0, 0.05) is 12.7 Å². The lowest BCUT2D eigenvalue weighted by molar-refractivity contribution is -0.119. The van der Waals surface area contributed by atoms with Crippen LogP contribution in [0.5, 0.6) is 0 Å². The number of hydrogen-bond acceptors (Lipinski definition) is 4. The Labute approximate surface area is 127 Å². The Morgan fingerprint density at radius 3 is 2.14 bits per heavy atom. The van der Waals surface area contributed by atoms with Gasteiger partial charge >= 0.3 is 0 Å². The van der Waals surface area contributed by atoms with Crippen molar-refractivity contribution in [3.05, 3.63) is 35.4 Å². The summed E-state index contributed by atoms with van der Waals surface area (Å²) in [5, 5.41) is 0. The molecule has 0 aliphatic heterocycles. The van der Waals surface area contributed by atoms with Crippen molar-refractivity contribution in [2.75, 3.05) is 12.0 Å². The van der Waals surface area contributed by atoms with Crippen LogP contribution in [0.2, 0.25) is 0 Å². The molecule has 4 nitrogen and oxygen atoms in total. The maximum Gasteiger partial charge on any atom is 0.153 e. The topological polar surface area (TPSA) is 77.2 Å². The van der Waals surface area contributed by atoms with E-state index in [1.807, 2.05) is 24.3 Å². The summed E-state index contributed by atoms with van der Waals surface area (Å²) in [7, 11) is -3.08. The van der Waals surface area contributed by atoms with E-state index in [4.69, 9.17) is 5.73 Å². The van der Waals surface area contributed by atoms with E-state index in [0.717, 1.165) is 11.8 Å². The molecule has 0 aliphatic rings. The third-order valence-corrected chi connectivity index (χ3v) is 4.39. The molecular weight excluding hydrogens is 286 g/mol. The van der Waals surface area contributed by atoms with Crippen molar-refractivity contribution in [1.29, 1.82) is 0 Å². The lowest BCUT2D eigenvalue weighted by Crippen LogP contribution is -2.33. The average Bonchev–Trinajstić information content (AvgIpc) is 2.34. The van der Waals surface area contributed by atoms with Crippen LogP contribution in [0, 0.1) is 0 Å². The zero-order valence-corrected chi connectivity index (χ0v) is 14.0. The molecule has 0 heterocycles. The number of sulfone groups is 1. The first-order valence-electron chi connectivity index (χ1n) is 7.04. The lowest BCUT2D eigenvalue weighted by atomic mass is 9.86. The van der Waals surface area contributed by atoms with Crippen molar-refractivity contribution in [2.24, 2.45) is 5.73 Å². The normalized spacial score (nSPS) is 14.0. The van der Waals surface area contributed by atoms with E-state index in [9.17, 15) is 13.2 Å². The lowest BCUT2D eigenvalue weighted by Gasteiger charge is -2.19. The van der Waals surface area contributed by atoms with Gasteiger partial charge in [0.25, 0.3) is 0 Å². The van der Waals surface area contributed by atoms with E-state index in [-0.39, 0.29) is 29.8 Å². The van der Waals surface area contributed by atoms with E-state index in [1.54, 1.807) is 0 Å². The molecule has 0 saturated carbocycles. The molecule has 1 aromatic carbocycles. The van der Waals surface area contributed by atoms with Crippen molar-refractivity contribution >= 4 is 15.6 Å². The van der Waals surface area contributed by atoms with Crippen molar-refractivity contribution < 1.29 is 13.2 Å². The van der Waals surface area contributed by atoms with Gasteiger partial charge in [0.2, 0.25) is 0 Å². The molecule has 0 amide bonds. The summed E-state index contributed by atoms with van der Waals surface area (Å²) in [4.78, 5) is 12.0. The third-order valence-electron chi connectivity index (χ3n) is 3.41. The summed E-state index contributed by atoms with van der Waals surface area (Å²) in [6.07, 6.45) is 1.57. The number of carbonyl (C=O) groups excluding carboxylic acids is 1. The molecule has 0 fully saturated rings. The summed E-state index contributed by atoms with van der Waals surface area (Å²) in [6, 6.07) is 7.18. The van der Waals surface area contributed by atoms with Gasteiger partial charge in [-0.1, -0.05) is 45.0 Å². The highest BCUT2D eigenvalue weighted by molar-refractivity contribution is 7.90. The maximum atomic E-state index is 12.0. The predicted octanol–water partition coefficient (Wildman–Crippen LogP) is 1.86. The SMILES string of the molecule is CC(C)(C)c1ccc(CC(=O)C(N)CCS(C)(=O)=O)cc1. The zero-order chi connectivity index (χ0) is 16.3. The molecule has 1 atom stereocenters. The first-order chi connectivity index (χ1) is 9.49. The van der Waals surface area contributed by atoms with Gasteiger partial charge in [-0.05, 0) is 23.0 Å². The van der Waals surface area contributed by atoms with Crippen molar-refractivity contribution in [3.8, 4) is 0 Å². The molecule has 0 spiro atoms. The number of Topliss-reactive ketones (excluding diaryl/α,β-unsaturated/α-hetero) is 1. The minimum atomic E-state index is -3.08. The smallest absolute Gasteiger partial charge is 0.153 e. The highest BCUT2D eigenvalue weighted by Gasteiger charge is 2.17. The number of carbonyl (C=O) groups is 1. The third kappa shape index (κ3) is 6.40. The van der Waals surface area contributed by atoms with Crippen LogP contribution in [0.4, 0.5) is 0 Å². The number of benzene rings is 1. The summed E-state index contributed by atoms with van der Waals surface area (Å²) < 4.78 is 22.2. The van der Waals surface area contributed by atoms with Crippen LogP contribution in [0.3, 0.4) is 0 Å². The van der Waals surface area contributed by atoms with Crippen LogP contribution in [-0.2, 0) is 26.5 Å². The minimum absolute atomic E-state index is 0.0527. The van der Waals surface area contributed by atoms with Gasteiger partial charge in [0.1, 0.15) is 9.84 Å². The molecule has 118 valence electrons. The number of ketones is 1. The summed E-state index contributed by atoms with van der Waals surface area (Å²) in [6.45, 7) is 6.40. The molecular formula is C16H25NO3S. The number of hydrogen-bond donors (Lipinski definition) is 1. The fraction of sp³-hybridized carbons (Fsp3) is 0.562. The Bertz CT molecular complexity index is 583. The monoisotopic (exact) mass is 311 g/mol. The van der Waals surface area contributed by atoms with Crippen LogP contribution in [0.15, 0.2) is 24.3 Å². The first-order valence-corrected chi connectivity index (χ1v) is 9.10. The van der Waals surface area contributed by atoms with Crippen LogP contribution < -0.4 is 5.73 Å². The molecule has 0 bridgehead atoms. The molecule has 1 aromatic rings. The van der Waals surface area contributed by atoms with Gasteiger partial charge in [0.05, 0.1) is 11.8 Å². The Kier molecular flexibility index (Phi) is 5.70. The highest BCUT2D eigenvalue weighted by Crippen LogP contribution is 2.22. The Morgan fingerprint density at radius 2 is 1.71 bits per heavy atom. The van der Waals surface area contributed by atoms with E-state index < -0.39 is 15.9 Å². The predicted molar refractivity (Wildman–Crippen MR) is 86.2 cm³/mol. The summed E-state index contributed by atoms with van der Waals surface area (Å²) >= 11 is 0. The molecule has 0 aromatic heterocycles. The van der Waals surface area contributed by atoms with Gasteiger partial charge in [-0.15, -0.1) is 0 Å². The highest BCUT2D eigenvalue weighted by atomic mass is 32.2. The largest absolute Gasteiger partial charge is 0.321 e. The summed E-state index contributed by atoms with van der Waals surface area (Å²) in [5.74, 6) is -0.176. The molecule has 21 heavy (non-hydrogen) atoms. The maximum absolute atomic E-state index is 12.0. The second-order valence-electron chi connectivity index (χ2n) is 6.62. The Hall–Kier alpha value is -1.20. The quantitative estimate of drug-likeness (QED) is 0.870. The van der Waals surface area contributed by atoms with Gasteiger partial charge < -0.3 is 5.73 Å². The second kappa shape index (κ2) is 6.71. The van der Waals surface area contributed by atoms with Gasteiger partial charge in [-0.3, -0.25) is 4.79 Å². The van der Waals surface area contributed by atoms with Crippen molar-refractivity contribution in [1.82, 2.24) is 0 Å². The Balaban J connectivity index is 2.62. The van der Waals surface area contributed by atoms with Crippen LogP contribution in [0.25, 0.3) is 0 Å². The van der Waals surface area contributed by atoms with E-state index in [0.29, 0.717) is 0 Å². The molecule has 0 aliphatic carbocycles. The summed E-state index contributed by atoms with van der Waals surface area (Å²) in [5.41, 5.74) is 7.95. The fourth-order valence-corrected chi connectivity index (χ4v) is 2.64. The number of nitrogens with two attached hydrogens (primary N) is 1. The molecule has 0 radical (unpaired) electrons. The number of rotatable bonds is 6. The van der Waals surface area contributed by atoms with Crippen molar-refractivity contribution in [3.63, 3.8) is 0 Å². The van der Waals surface area contributed by atoms with Crippen LogP contribution in [-0.4, -0.2) is 32.3 Å². The van der Waals surface area contributed by atoms with E-state index in [2.05, 4.69) is 20.8 Å². The van der Waals surface area contributed by atoms with Gasteiger partial charge in [0.15, 0.2) is 5.78 Å². The molecule has 1 unspecified atom stereocenters. The Morgan fingerprint density at radius 1 is 1.19 bits per heavy atom. The van der Waals surface area contributed by atoms with E-state index >= 15 is 0 Å². The van der Waals surface area contributed by atoms with E-state index in [1.165, 1.54) is 5.56 Å². The second-order valence-corrected chi connectivity index (χ2v) is 8.87. The minimum Gasteiger partial charge on any atom is -0.321 e. The van der Waals surface area contributed by atoms with Crippen LogP contribution in [0.1, 0.15) is 38.3 Å². The first kappa shape index (κ1) is 17.9. The zero-order valence-electron chi connectivity index (χ0n) is 13.2. The molecule has 5 heteroatoms. The van der Waals surface area contributed by atoms with Crippen molar-refractivity contribution in [2.45, 2.75) is 45.1 Å². The van der Waals surface area contributed by atoms with Gasteiger partial charge in [-0.2, -0.15) is 0 Å². The fourth-order valence-electron chi connectivity index (χ4n) is 1.96. The van der Waals surface area contributed by atoms with Gasteiger partial charge in [-0.25, -0.2) is 8.42 Å². The average molecular weight is 311 g/mol. The molecule has 0 saturated heterocycles. The van der Waals surface area contributed by atoms with Crippen LogP contribution >= 0.6 is 0 Å². The molecule has 1 rings (SSSR count).